The molecule has 1 amide bonds. The largest absolute Gasteiger partial charge is 0.444 e. The number of nitriles is 1. The second kappa shape index (κ2) is 8.71. The molecule has 7 rings (SSSR count). The highest BCUT2D eigenvalue weighted by Gasteiger charge is 2.50. The number of hydrogen-bond acceptors (Lipinski definition) is 6. The maximum Gasteiger partial charge on any atom is 0.410 e. The predicted octanol–water partition coefficient (Wildman–Crippen LogP) is 5.08. The van der Waals surface area contributed by atoms with Crippen LogP contribution in [0.4, 0.5) is 10.6 Å². The molecule has 9 nitrogen and oxygen atoms in total. The van der Waals surface area contributed by atoms with Crippen molar-refractivity contribution in [3.63, 3.8) is 0 Å². The second-order valence-electron chi connectivity index (χ2n) is 12.2. The molecule has 2 saturated heterocycles. The van der Waals surface area contributed by atoms with Gasteiger partial charge in [-0.15, -0.1) is 0 Å². The van der Waals surface area contributed by atoms with Gasteiger partial charge >= 0.3 is 6.09 Å². The Morgan fingerprint density at radius 1 is 1.07 bits per heavy atom. The topological polar surface area (TPSA) is 92.2 Å². The van der Waals surface area contributed by atoms with Crippen LogP contribution in [-0.4, -0.2) is 61.9 Å². The predicted molar refractivity (Wildman–Crippen MR) is 151 cm³/mol. The standard InChI is InChI=1S/C31H31N7O2/c1-30(2,3)40-29(39)37-19-31(20-37)8-10-35(18-31)27-13-24-17-36-16-23(22-6-4-21(14-32)5-7-22)12-25(36)28-33-9-11-38(28)26(24)15-34-27/h4-7,9,11-13,15-16H,8,10,17-20H2,1-3H3. The number of fused-ring (bicyclic) bond motifs is 5. The van der Waals surface area contributed by atoms with Gasteiger partial charge in [0.2, 0.25) is 0 Å². The fourth-order valence-corrected chi connectivity index (χ4v) is 6.20. The van der Waals surface area contributed by atoms with Crippen LogP contribution in [0.2, 0.25) is 0 Å². The number of nitrogens with zero attached hydrogens (tertiary/aromatic N) is 7. The fourth-order valence-electron chi connectivity index (χ4n) is 6.20. The van der Waals surface area contributed by atoms with Gasteiger partial charge in [0.25, 0.3) is 0 Å². The van der Waals surface area contributed by atoms with Crippen LogP contribution in [0.1, 0.15) is 38.3 Å². The minimum Gasteiger partial charge on any atom is -0.444 e. The van der Waals surface area contributed by atoms with E-state index in [0.717, 1.165) is 66.8 Å². The van der Waals surface area contributed by atoms with Gasteiger partial charge in [0.05, 0.1) is 29.2 Å². The van der Waals surface area contributed by atoms with Crippen LogP contribution >= 0.6 is 0 Å². The van der Waals surface area contributed by atoms with E-state index in [1.54, 1.807) is 0 Å². The molecule has 1 aromatic carbocycles. The quantitative estimate of drug-likeness (QED) is 0.314. The number of benzene rings is 1. The van der Waals surface area contributed by atoms with E-state index in [1.807, 2.05) is 68.5 Å². The summed E-state index contributed by atoms with van der Waals surface area (Å²) in [7, 11) is 0. The molecule has 0 atom stereocenters. The van der Waals surface area contributed by atoms with Crippen LogP contribution in [-0.2, 0) is 11.3 Å². The average Bonchev–Trinajstić information content (AvgIpc) is 3.64. The Morgan fingerprint density at radius 2 is 1.88 bits per heavy atom. The first-order valence-electron chi connectivity index (χ1n) is 13.7. The van der Waals surface area contributed by atoms with Crippen LogP contribution in [0.5, 0.6) is 0 Å². The van der Waals surface area contributed by atoms with E-state index in [4.69, 9.17) is 20.0 Å². The monoisotopic (exact) mass is 533 g/mol. The van der Waals surface area contributed by atoms with Crippen LogP contribution in [0.15, 0.2) is 61.2 Å². The van der Waals surface area contributed by atoms with Gasteiger partial charge in [-0.2, -0.15) is 5.26 Å². The minimum absolute atomic E-state index is 0.104. The summed E-state index contributed by atoms with van der Waals surface area (Å²) in [6, 6.07) is 14.2. The molecule has 40 heavy (non-hydrogen) atoms. The Balaban J connectivity index is 1.14. The number of rotatable bonds is 2. The molecule has 3 aromatic heterocycles. The molecule has 0 radical (unpaired) electrons. The van der Waals surface area contributed by atoms with Crippen molar-refractivity contribution in [2.75, 3.05) is 31.1 Å². The Bertz CT molecular complexity index is 1660. The highest BCUT2D eigenvalue weighted by Crippen LogP contribution is 2.42. The molecule has 202 valence electrons. The first kappa shape index (κ1) is 24.5. The molecule has 6 heterocycles. The van der Waals surface area contributed by atoms with Gasteiger partial charge in [-0.25, -0.2) is 14.8 Å². The molecule has 0 aliphatic carbocycles. The van der Waals surface area contributed by atoms with Crippen molar-refractivity contribution in [3.05, 3.63) is 72.3 Å². The average molecular weight is 534 g/mol. The van der Waals surface area contributed by atoms with Crippen molar-refractivity contribution in [2.24, 2.45) is 5.41 Å². The summed E-state index contributed by atoms with van der Waals surface area (Å²) in [5, 5.41) is 9.16. The number of imidazole rings is 1. The van der Waals surface area contributed by atoms with Crippen LogP contribution in [0.25, 0.3) is 28.3 Å². The van der Waals surface area contributed by atoms with E-state index in [1.165, 1.54) is 5.56 Å². The van der Waals surface area contributed by atoms with E-state index in [9.17, 15) is 4.79 Å². The zero-order valence-corrected chi connectivity index (χ0v) is 23.0. The number of ether oxygens (including phenoxy) is 1. The van der Waals surface area contributed by atoms with Crippen LogP contribution < -0.4 is 4.90 Å². The number of anilines is 1. The van der Waals surface area contributed by atoms with Crippen molar-refractivity contribution in [2.45, 2.75) is 39.3 Å². The summed E-state index contributed by atoms with van der Waals surface area (Å²) in [6.07, 6.45) is 8.75. The number of aromatic nitrogens is 4. The van der Waals surface area contributed by atoms with Gasteiger partial charge in [-0.1, -0.05) is 12.1 Å². The summed E-state index contributed by atoms with van der Waals surface area (Å²) in [5.74, 6) is 1.85. The Hall–Kier alpha value is -4.58. The second-order valence-corrected chi connectivity index (χ2v) is 12.2. The third-order valence-corrected chi connectivity index (χ3v) is 8.13. The van der Waals surface area contributed by atoms with E-state index in [0.29, 0.717) is 12.1 Å². The highest BCUT2D eigenvalue weighted by molar-refractivity contribution is 5.72. The zero-order chi connectivity index (χ0) is 27.6. The molecular weight excluding hydrogens is 502 g/mol. The normalized spacial score (nSPS) is 16.9. The number of likely N-dealkylation sites (tertiary alicyclic amines) is 1. The van der Waals surface area contributed by atoms with Crippen molar-refractivity contribution < 1.29 is 9.53 Å². The summed E-state index contributed by atoms with van der Waals surface area (Å²) >= 11 is 0. The maximum absolute atomic E-state index is 12.5. The molecule has 9 heteroatoms. The molecule has 3 aliphatic rings. The highest BCUT2D eigenvalue weighted by atomic mass is 16.6. The molecular formula is C31H31N7O2. The van der Waals surface area contributed by atoms with Gasteiger partial charge in [0, 0.05) is 67.9 Å². The number of carbonyl (C=O) groups is 1. The van der Waals surface area contributed by atoms with Gasteiger partial charge in [0.1, 0.15) is 11.4 Å². The Morgan fingerprint density at radius 3 is 2.62 bits per heavy atom. The molecule has 0 saturated carbocycles. The molecule has 0 unspecified atom stereocenters. The molecule has 1 spiro atoms. The summed E-state index contributed by atoms with van der Waals surface area (Å²) in [5.41, 5.74) is 5.68. The van der Waals surface area contributed by atoms with Gasteiger partial charge in [-0.3, -0.25) is 4.57 Å². The lowest BCUT2D eigenvalue weighted by atomic mass is 9.79. The summed E-state index contributed by atoms with van der Waals surface area (Å²) < 4.78 is 9.92. The number of carbonyl (C=O) groups excluding carboxylic acids is 1. The van der Waals surface area contributed by atoms with Gasteiger partial charge in [0.15, 0.2) is 5.82 Å². The van der Waals surface area contributed by atoms with E-state index in [2.05, 4.69) is 38.4 Å². The van der Waals surface area contributed by atoms with Gasteiger partial charge in [-0.05, 0) is 57.0 Å². The number of hydrogen-bond donors (Lipinski definition) is 0. The smallest absolute Gasteiger partial charge is 0.410 e. The van der Waals surface area contributed by atoms with Crippen LogP contribution in [0.3, 0.4) is 0 Å². The van der Waals surface area contributed by atoms with Crippen LogP contribution in [0, 0.1) is 16.7 Å². The molecule has 0 N–H and O–H groups in total. The first-order chi connectivity index (χ1) is 19.2. The van der Waals surface area contributed by atoms with E-state index >= 15 is 0 Å². The lowest BCUT2D eigenvalue weighted by Gasteiger charge is -2.47. The molecule has 4 aromatic rings. The zero-order valence-electron chi connectivity index (χ0n) is 23.0. The van der Waals surface area contributed by atoms with Crippen molar-refractivity contribution in [3.8, 4) is 34.4 Å². The summed E-state index contributed by atoms with van der Waals surface area (Å²) in [4.78, 5) is 26.2. The molecule has 0 bridgehead atoms. The Kier molecular flexibility index (Phi) is 5.33. The lowest BCUT2D eigenvalue weighted by molar-refractivity contribution is -0.0266. The van der Waals surface area contributed by atoms with Gasteiger partial charge < -0.3 is 19.1 Å². The van der Waals surface area contributed by atoms with Crippen molar-refractivity contribution >= 4 is 11.9 Å². The SMILES string of the molecule is CC(C)(C)OC(=O)N1CC2(CCN(c3cc4c(cn3)-n3ccnc3-c3cc(-c5ccc(C#N)cc5)cn3C4)C2)C1. The maximum atomic E-state index is 12.5. The number of pyridine rings is 1. The van der Waals surface area contributed by atoms with E-state index < -0.39 is 5.60 Å². The fraction of sp³-hybridized carbons (Fsp3) is 0.355. The van der Waals surface area contributed by atoms with Crippen molar-refractivity contribution in [1.29, 1.82) is 5.26 Å². The molecule has 3 aliphatic heterocycles. The van der Waals surface area contributed by atoms with E-state index in [-0.39, 0.29) is 11.5 Å². The summed E-state index contributed by atoms with van der Waals surface area (Å²) in [6.45, 7) is 9.66. The number of amides is 1. The third-order valence-electron chi connectivity index (χ3n) is 8.13. The molecule has 2 fully saturated rings. The third kappa shape index (κ3) is 4.11. The van der Waals surface area contributed by atoms with Crippen molar-refractivity contribution in [1.82, 2.24) is 24.0 Å². The Labute approximate surface area is 233 Å². The minimum atomic E-state index is -0.481. The first-order valence-corrected chi connectivity index (χ1v) is 13.7. The lowest BCUT2D eigenvalue weighted by Crippen LogP contribution is -2.60.